The Morgan fingerprint density at radius 1 is 1.10 bits per heavy atom. The molecule has 7 N–H and O–H groups in total. The van der Waals surface area contributed by atoms with Crippen molar-refractivity contribution in [2.45, 2.75) is 62.6 Å². The smallest absolute Gasteiger partial charge is 0.255 e. The van der Waals surface area contributed by atoms with E-state index in [1.807, 2.05) is 0 Å². The Balaban J connectivity index is 1.57. The van der Waals surface area contributed by atoms with Gasteiger partial charge in [-0.1, -0.05) is 19.3 Å². The molecule has 11 heteroatoms. The normalized spacial score (nSPS) is 28.9. The third kappa shape index (κ3) is 4.15. The van der Waals surface area contributed by atoms with Crippen LogP contribution in [0.4, 0.5) is 0 Å². The molecule has 0 spiro atoms. The zero-order chi connectivity index (χ0) is 29.1. The van der Waals surface area contributed by atoms with Crippen LogP contribution in [0.2, 0.25) is 0 Å². The quantitative estimate of drug-likeness (QED) is 0.221. The van der Waals surface area contributed by atoms with Crippen LogP contribution in [-0.4, -0.2) is 86.9 Å². The summed E-state index contributed by atoms with van der Waals surface area (Å²) in [6, 6.07) is 1.91. The number of ketones is 3. The number of allylic oxidation sites excluding steroid dienone is 1. The summed E-state index contributed by atoms with van der Waals surface area (Å²) < 4.78 is 0. The van der Waals surface area contributed by atoms with Gasteiger partial charge in [0.15, 0.2) is 17.2 Å². The number of nitrogens with zero attached hydrogens (tertiary/aromatic N) is 1. The molecule has 1 aromatic carbocycles. The lowest BCUT2D eigenvalue weighted by molar-refractivity contribution is -0.148. The molecule has 4 aliphatic rings. The lowest BCUT2D eigenvalue weighted by atomic mass is 9.58. The molecule has 0 aliphatic heterocycles. The number of aromatic hydroxyl groups is 1. The fraction of sp³-hybridized carbons (Fsp3) is 0.517. The van der Waals surface area contributed by atoms with Crippen LogP contribution < -0.4 is 11.1 Å². The molecule has 0 bridgehead atoms. The monoisotopic (exact) mass is 553 g/mol. The number of hydrogen-bond donors (Lipinski definition) is 6. The highest BCUT2D eigenvalue weighted by atomic mass is 16.3. The Hall–Kier alpha value is -3.54. The fourth-order valence-corrected chi connectivity index (χ4v) is 7.15. The van der Waals surface area contributed by atoms with Crippen LogP contribution in [0.15, 0.2) is 34.8 Å². The van der Waals surface area contributed by atoms with Gasteiger partial charge >= 0.3 is 0 Å². The fourth-order valence-electron chi connectivity index (χ4n) is 7.15. The molecular formula is C29H35N3O8. The molecule has 40 heavy (non-hydrogen) atoms. The van der Waals surface area contributed by atoms with Gasteiger partial charge in [-0.25, -0.2) is 0 Å². The van der Waals surface area contributed by atoms with E-state index in [-0.39, 0.29) is 53.7 Å². The second-order valence-corrected chi connectivity index (χ2v) is 11.6. The van der Waals surface area contributed by atoms with Gasteiger partial charge in [0, 0.05) is 23.1 Å². The SMILES string of the molecule is CN(C)[C@@H]1C(O)=C(C(N)=O)C(=O)[C@@]2(O)C(O)=C3C(=O)c4c(O)ccc(C(=O)CNC5CCCCC5)c4C[C@H]3C[C@@H]12. The van der Waals surface area contributed by atoms with Gasteiger partial charge in [-0.3, -0.25) is 24.1 Å². The number of nitrogens with one attached hydrogen (secondary N) is 1. The van der Waals surface area contributed by atoms with E-state index in [0.29, 0.717) is 5.56 Å². The molecule has 11 nitrogen and oxygen atoms in total. The number of phenolic OH excluding ortho intramolecular Hbond substituents is 1. The summed E-state index contributed by atoms with van der Waals surface area (Å²) in [5, 5.41) is 47.9. The van der Waals surface area contributed by atoms with Crippen molar-refractivity contribution in [3.05, 3.63) is 51.5 Å². The van der Waals surface area contributed by atoms with Crippen LogP contribution in [0, 0.1) is 11.8 Å². The summed E-state index contributed by atoms with van der Waals surface area (Å²) in [6.45, 7) is 0.0723. The molecular weight excluding hydrogens is 518 g/mol. The first-order chi connectivity index (χ1) is 18.9. The van der Waals surface area contributed by atoms with Crippen molar-refractivity contribution in [2.24, 2.45) is 17.6 Å². The van der Waals surface area contributed by atoms with Crippen LogP contribution in [-0.2, 0) is 16.0 Å². The van der Waals surface area contributed by atoms with E-state index in [1.165, 1.54) is 23.5 Å². The number of rotatable bonds is 6. The van der Waals surface area contributed by atoms with Gasteiger partial charge in [0.1, 0.15) is 22.8 Å². The number of phenols is 1. The molecule has 0 aromatic heterocycles. The Morgan fingerprint density at radius 3 is 2.40 bits per heavy atom. The molecule has 0 radical (unpaired) electrons. The molecule has 1 aromatic rings. The van der Waals surface area contributed by atoms with Crippen molar-refractivity contribution in [3.8, 4) is 5.75 Å². The standard InChI is InChI=1S/C29H35N3O8/c1-32(2)23-17-11-13-10-16-15(19(34)12-31-14-6-4-3-5-7-14)8-9-18(33)21(16)24(35)20(13)26(37)29(17,40)27(38)22(25(23)36)28(30)39/h8-9,13-14,17,23,31,33,36-37,40H,3-7,10-12H2,1-2H3,(H2,30,39)/t13-,17-,23-,29-/m0/s1. The van der Waals surface area contributed by atoms with Crippen LogP contribution in [0.3, 0.4) is 0 Å². The first-order valence-corrected chi connectivity index (χ1v) is 13.7. The second kappa shape index (κ2) is 10.1. The van der Waals surface area contributed by atoms with Gasteiger partial charge in [-0.15, -0.1) is 0 Å². The molecule has 1 fully saturated rings. The Bertz CT molecular complexity index is 1370. The third-order valence-corrected chi connectivity index (χ3v) is 9.06. The minimum Gasteiger partial charge on any atom is -0.510 e. The van der Waals surface area contributed by atoms with Crippen molar-refractivity contribution in [2.75, 3.05) is 20.6 Å². The predicted octanol–water partition coefficient (Wildman–Crippen LogP) is 1.23. The van der Waals surface area contributed by atoms with Crippen molar-refractivity contribution in [3.63, 3.8) is 0 Å². The molecule has 214 valence electrons. The summed E-state index contributed by atoms with van der Waals surface area (Å²) in [7, 11) is 3.14. The molecule has 1 saturated carbocycles. The number of carbonyl (C=O) groups is 4. The maximum absolute atomic E-state index is 13.8. The van der Waals surface area contributed by atoms with Crippen molar-refractivity contribution in [1.82, 2.24) is 10.2 Å². The van der Waals surface area contributed by atoms with Gasteiger partial charge in [0.25, 0.3) is 5.91 Å². The van der Waals surface area contributed by atoms with Crippen molar-refractivity contribution >= 4 is 23.3 Å². The van der Waals surface area contributed by atoms with Crippen LogP contribution >= 0.6 is 0 Å². The first-order valence-electron chi connectivity index (χ1n) is 13.7. The highest BCUT2D eigenvalue weighted by Gasteiger charge is 2.63. The highest BCUT2D eigenvalue weighted by Crippen LogP contribution is 2.52. The maximum Gasteiger partial charge on any atom is 0.255 e. The van der Waals surface area contributed by atoms with E-state index in [1.54, 1.807) is 14.1 Å². The summed E-state index contributed by atoms with van der Waals surface area (Å²) in [6.07, 6.45) is 5.41. The van der Waals surface area contributed by atoms with Crippen molar-refractivity contribution < 1.29 is 39.6 Å². The number of fused-ring (bicyclic) bond motifs is 3. The average molecular weight is 554 g/mol. The number of hydrogen-bond acceptors (Lipinski definition) is 10. The van der Waals surface area contributed by atoms with E-state index < -0.39 is 58.0 Å². The molecule has 0 unspecified atom stereocenters. The van der Waals surface area contributed by atoms with E-state index in [0.717, 1.165) is 25.7 Å². The largest absolute Gasteiger partial charge is 0.510 e. The van der Waals surface area contributed by atoms with E-state index in [2.05, 4.69) is 5.32 Å². The molecule has 5 rings (SSSR count). The Morgan fingerprint density at radius 2 is 1.77 bits per heavy atom. The molecule has 1 amide bonds. The van der Waals surface area contributed by atoms with E-state index in [9.17, 15) is 39.6 Å². The summed E-state index contributed by atoms with van der Waals surface area (Å²) >= 11 is 0. The van der Waals surface area contributed by atoms with Gasteiger partial charge in [-0.2, -0.15) is 0 Å². The number of carbonyl (C=O) groups excluding carboxylic acids is 4. The van der Waals surface area contributed by atoms with Gasteiger partial charge in [-0.05, 0) is 63.4 Å². The summed E-state index contributed by atoms with van der Waals surface area (Å²) in [5.74, 6) is -7.40. The lowest BCUT2D eigenvalue weighted by Gasteiger charge is -2.50. The minimum atomic E-state index is -2.70. The summed E-state index contributed by atoms with van der Waals surface area (Å²) in [5.41, 5.74) is 2.02. The first kappa shape index (κ1) is 28.0. The van der Waals surface area contributed by atoms with Crippen molar-refractivity contribution in [1.29, 1.82) is 0 Å². The van der Waals surface area contributed by atoms with Gasteiger partial charge < -0.3 is 31.5 Å². The maximum atomic E-state index is 13.8. The lowest BCUT2D eigenvalue weighted by Crippen LogP contribution is -2.63. The number of Topliss-reactive ketones (excluding diaryl/α,β-unsaturated/α-hetero) is 3. The second-order valence-electron chi connectivity index (χ2n) is 11.6. The van der Waals surface area contributed by atoms with Crippen LogP contribution in [0.1, 0.15) is 64.8 Å². The number of aliphatic hydroxyl groups is 3. The third-order valence-electron chi connectivity index (χ3n) is 9.06. The number of nitrogens with two attached hydrogens (primary N) is 1. The summed E-state index contributed by atoms with van der Waals surface area (Å²) in [4.78, 5) is 54.1. The highest BCUT2D eigenvalue weighted by molar-refractivity contribution is 6.25. The van der Waals surface area contributed by atoms with E-state index in [4.69, 9.17) is 5.73 Å². The number of primary amides is 1. The topological polar surface area (TPSA) is 190 Å². The van der Waals surface area contributed by atoms with Gasteiger partial charge in [0.2, 0.25) is 5.78 Å². The van der Waals surface area contributed by atoms with Crippen LogP contribution in [0.5, 0.6) is 5.75 Å². The molecule has 4 aliphatic carbocycles. The molecule has 0 heterocycles. The Labute approximate surface area is 231 Å². The number of benzene rings is 1. The zero-order valence-electron chi connectivity index (χ0n) is 22.6. The predicted molar refractivity (Wildman–Crippen MR) is 143 cm³/mol. The zero-order valence-corrected chi connectivity index (χ0v) is 22.6. The van der Waals surface area contributed by atoms with Gasteiger partial charge in [0.05, 0.1) is 18.2 Å². The number of likely N-dealkylation sites (N-methyl/N-ethyl adjacent to an activating group) is 1. The van der Waals surface area contributed by atoms with E-state index >= 15 is 0 Å². The molecule has 0 saturated heterocycles. The number of amides is 1. The van der Waals surface area contributed by atoms with Crippen LogP contribution in [0.25, 0.3) is 0 Å². The minimum absolute atomic E-state index is 0.0324. The number of aliphatic hydroxyl groups excluding tert-OH is 2. The molecule has 4 atom stereocenters. The average Bonchev–Trinajstić information content (AvgIpc) is 2.89. The Kier molecular flexibility index (Phi) is 7.10.